The summed E-state index contributed by atoms with van der Waals surface area (Å²) in [4.78, 5) is 42.0. The van der Waals surface area contributed by atoms with Crippen molar-refractivity contribution in [2.75, 3.05) is 6.61 Å². The van der Waals surface area contributed by atoms with Gasteiger partial charge in [0.15, 0.2) is 6.10 Å². The van der Waals surface area contributed by atoms with Crippen LogP contribution < -0.4 is 0 Å². The van der Waals surface area contributed by atoms with Crippen LogP contribution in [0.2, 0.25) is 0 Å². The zero-order valence-electron chi connectivity index (χ0n) is 13.0. The minimum absolute atomic E-state index is 0.0811. The van der Waals surface area contributed by atoms with Crippen molar-refractivity contribution in [1.82, 2.24) is 5.06 Å². The lowest BCUT2D eigenvalue weighted by Gasteiger charge is -2.23. The van der Waals surface area contributed by atoms with Crippen LogP contribution in [0.15, 0.2) is 24.3 Å². The molecule has 1 fully saturated rings. The molecule has 0 bridgehead atoms. The van der Waals surface area contributed by atoms with Crippen molar-refractivity contribution < 1.29 is 24.0 Å². The molecule has 1 saturated carbocycles. The standard InChI is InChI=1S/C17H19NO5/c1-2-22-14(11-7-3-4-8-11)17(21)23-18-15(19)12-9-5-6-10-13(12)16(18)20/h5-6,9-11,14H,2-4,7-8H2,1H3. The molecule has 1 aromatic rings. The lowest BCUT2D eigenvalue weighted by atomic mass is 10.0. The van der Waals surface area contributed by atoms with Gasteiger partial charge in [0.2, 0.25) is 0 Å². The van der Waals surface area contributed by atoms with E-state index in [0.29, 0.717) is 11.7 Å². The Hall–Kier alpha value is -2.21. The molecule has 1 aliphatic carbocycles. The number of rotatable bonds is 5. The van der Waals surface area contributed by atoms with Crippen molar-refractivity contribution in [2.24, 2.45) is 5.92 Å². The molecule has 0 saturated heterocycles. The second kappa shape index (κ2) is 6.50. The van der Waals surface area contributed by atoms with Crippen molar-refractivity contribution in [3.63, 3.8) is 0 Å². The van der Waals surface area contributed by atoms with Gasteiger partial charge in [0.25, 0.3) is 11.8 Å². The van der Waals surface area contributed by atoms with Crippen LogP contribution in [0.5, 0.6) is 0 Å². The number of benzene rings is 1. The summed E-state index contributed by atoms with van der Waals surface area (Å²) in [6.45, 7) is 2.18. The minimum atomic E-state index is -0.730. The molecule has 0 N–H and O–H groups in total. The fourth-order valence-electron chi connectivity index (χ4n) is 3.23. The highest BCUT2D eigenvalue weighted by atomic mass is 16.7. The quantitative estimate of drug-likeness (QED) is 0.779. The van der Waals surface area contributed by atoms with E-state index in [2.05, 4.69) is 0 Å². The number of amides is 2. The third kappa shape index (κ3) is 2.86. The summed E-state index contributed by atoms with van der Waals surface area (Å²) in [5.41, 5.74) is 0.498. The van der Waals surface area contributed by atoms with E-state index in [1.54, 1.807) is 31.2 Å². The number of carbonyl (C=O) groups excluding carboxylic acids is 3. The summed E-state index contributed by atoms with van der Waals surface area (Å²) in [5, 5.41) is 0.550. The van der Waals surface area contributed by atoms with Crippen LogP contribution in [-0.4, -0.2) is 35.6 Å². The second-order valence-corrected chi connectivity index (χ2v) is 5.78. The van der Waals surface area contributed by atoms with Gasteiger partial charge in [-0.1, -0.05) is 30.0 Å². The first-order chi connectivity index (χ1) is 11.1. The molecule has 1 aromatic carbocycles. The van der Waals surface area contributed by atoms with Crippen molar-refractivity contribution in [1.29, 1.82) is 0 Å². The Kier molecular flexibility index (Phi) is 4.43. The topological polar surface area (TPSA) is 72.9 Å². The largest absolute Gasteiger partial charge is 0.366 e. The average Bonchev–Trinajstić information content (AvgIpc) is 3.16. The number of nitrogens with zero attached hydrogens (tertiary/aromatic N) is 1. The summed E-state index contributed by atoms with van der Waals surface area (Å²) in [6.07, 6.45) is 3.15. The van der Waals surface area contributed by atoms with E-state index >= 15 is 0 Å². The van der Waals surface area contributed by atoms with Gasteiger partial charge in [-0.3, -0.25) is 9.59 Å². The van der Waals surface area contributed by atoms with Crippen LogP contribution in [0.4, 0.5) is 0 Å². The third-order valence-electron chi connectivity index (χ3n) is 4.34. The molecular weight excluding hydrogens is 298 g/mol. The maximum atomic E-state index is 12.4. The third-order valence-corrected chi connectivity index (χ3v) is 4.34. The molecule has 3 rings (SSSR count). The molecular formula is C17H19NO5. The predicted molar refractivity (Wildman–Crippen MR) is 80.4 cm³/mol. The van der Waals surface area contributed by atoms with Crippen LogP contribution in [0.25, 0.3) is 0 Å². The molecule has 0 spiro atoms. The maximum Gasteiger partial charge on any atom is 0.361 e. The van der Waals surface area contributed by atoms with Gasteiger partial charge in [-0.15, -0.1) is 0 Å². The SMILES string of the molecule is CCOC(C(=O)ON1C(=O)c2ccccc2C1=O)C1CCCC1. The van der Waals surface area contributed by atoms with Crippen molar-refractivity contribution >= 4 is 17.8 Å². The Morgan fingerprint density at radius 2 is 1.74 bits per heavy atom. The minimum Gasteiger partial charge on any atom is -0.366 e. The van der Waals surface area contributed by atoms with Crippen molar-refractivity contribution in [2.45, 2.75) is 38.7 Å². The van der Waals surface area contributed by atoms with Crippen LogP contribution >= 0.6 is 0 Å². The number of fused-ring (bicyclic) bond motifs is 1. The first kappa shape index (κ1) is 15.7. The van der Waals surface area contributed by atoms with E-state index in [4.69, 9.17) is 9.57 Å². The summed E-state index contributed by atoms with van der Waals surface area (Å²) in [6, 6.07) is 6.41. The van der Waals surface area contributed by atoms with E-state index in [9.17, 15) is 14.4 Å². The van der Waals surface area contributed by atoms with Gasteiger partial charge in [-0.05, 0) is 37.8 Å². The molecule has 2 aliphatic rings. The van der Waals surface area contributed by atoms with Gasteiger partial charge in [-0.25, -0.2) is 4.79 Å². The number of imide groups is 1. The van der Waals surface area contributed by atoms with Crippen LogP contribution in [-0.2, 0) is 14.4 Å². The molecule has 0 aromatic heterocycles. The Morgan fingerprint density at radius 1 is 1.17 bits per heavy atom. The number of ether oxygens (including phenoxy) is 1. The molecule has 0 radical (unpaired) electrons. The lowest BCUT2D eigenvalue weighted by Crippen LogP contribution is -2.40. The van der Waals surface area contributed by atoms with E-state index in [1.165, 1.54) is 0 Å². The van der Waals surface area contributed by atoms with Gasteiger partial charge in [0, 0.05) is 6.61 Å². The first-order valence-electron chi connectivity index (χ1n) is 7.94. The van der Waals surface area contributed by atoms with Gasteiger partial charge < -0.3 is 9.57 Å². The Balaban J connectivity index is 1.74. The fraction of sp³-hybridized carbons (Fsp3) is 0.471. The molecule has 1 heterocycles. The van der Waals surface area contributed by atoms with Crippen molar-refractivity contribution in [3.8, 4) is 0 Å². The van der Waals surface area contributed by atoms with Crippen LogP contribution in [0.1, 0.15) is 53.3 Å². The maximum absolute atomic E-state index is 12.4. The summed E-state index contributed by atoms with van der Waals surface area (Å²) >= 11 is 0. The van der Waals surface area contributed by atoms with Crippen LogP contribution in [0.3, 0.4) is 0 Å². The molecule has 122 valence electrons. The summed E-state index contributed by atoms with van der Waals surface area (Å²) in [7, 11) is 0. The number of carbonyl (C=O) groups is 3. The van der Waals surface area contributed by atoms with Crippen LogP contribution in [0, 0.1) is 5.92 Å². The zero-order chi connectivity index (χ0) is 16.4. The normalized spacial score (nSPS) is 19.1. The molecule has 1 unspecified atom stereocenters. The molecule has 6 nitrogen and oxygen atoms in total. The highest BCUT2D eigenvalue weighted by Crippen LogP contribution is 2.31. The number of hydroxylamine groups is 2. The summed E-state index contributed by atoms with van der Waals surface area (Å²) in [5.74, 6) is -1.81. The van der Waals surface area contributed by atoms with Gasteiger partial charge in [0.1, 0.15) is 0 Å². The monoisotopic (exact) mass is 317 g/mol. The predicted octanol–water partition coefficient (Wildman–Crippen LogP) is 2.34. The molecule has 1 aliphatic heterocycles. The molecule has 1 atom stereocenters. The van der Waals surface area contributed by atoms with Gasteiger partial charge >= 0.3 is 5.97 Å². The fourth-order valence-corrected chi connectivity index (χ4v) is 3.23. The van der Waals surface area contributed by atoms with Gasteiger partial charge in [0.05, 0.1) is 11.1 Å². The summed E-state index contributed by atoms with van der Waals surface area (Å²) < 4.78 is 5.52. The van der Waals surface area contributed by atoms with Crippen molar-refractivity contribution in [3.05, 3.63) is 35.4 Å². The van der Waals surface area contributed by atoms with E-state index in [-0.39, 0.29) is 17.0 Å². The highest BCUT2D eigenvalue weighted by Gasteiger charge is 2.41. The molecule has 23 heavy (non-hydrogen) atoms. The Morgan fingerprint density at radius 3 is 2.26 bits per heavy atom. The number of hydrogen-bond donors (Lipinski definition) is 0. The lowest BCUT2D eigenvalue weighted by molar-refractivity contribution is -0.185. The van der Waals surface area contributed by atoms with Gasteiger partial charge in [-0.2, -0.15) is 0 Å². The molecule has 2 amide bonds. The second-order valence-electron chi connectivity index (χ2n) is 5.78. The zero-order valence-corrected chi connectivity index (χ0v) is 13.0. The Bertz CT molecular complexity index is 601. The smallest absolute Gasteiger partial charge is 0.361 e. The number of hydrogen-bond acceptors (Lipinski definition) is 5. The molecule has 6 heteroatoms. The average molecular weight is 317 g/mol. The van der Waals surface area contributed by atoms with E-state index in [0.717, 1.165) is 25.7 Å². The van der Waals surface area contributed by atoms with E-state index < -0.39 is 23.9 Å². The first-order valence-corrected chi connectivity index (χ1v) is 7.94. The van der Waals surface area contributed by atoms with E-state index in [1.807, 2.05) is 0 Å². The highest BCUT2D eigenvalue weighted by molar-refractivity contribution is 6.20. The Labute approximate surface area is 134 Å².